The zero-order valence-electron chi connectivity index (χ0n) is 8.07. The minimum atomic E-state index is -0.352. The Balaban J connectivity index is 2.95. The number of anilines is 1. The summed E-state index contributed by atoms with van der Waals surface area (Å²) in [5.41, 5.74) is 1.92. The minimum absolute atomic E-state index is 0.352. The molecule has 13 heavy (non-hydrogen) atoms. The second-order valence-corrected chi connectivity index (χ2v) is 2.82. The van der Waals surface area contributed by atoms with Crippen molar-refractivity contribution in [2.24, 2.45) is 0 Å². The summed E-state index contributed by atoms with van der Waals surface area (Å²) in [5, 5.41) is 0. The largest absolute Gasteiger partial charge is 0.452 e. The maximum absolute atomic E-state index is 11.2. The molecule has 0 atom stereocenters. The number of hydrogen-bond donors (Lipinski definition) is 0. The number of hydrogen-bond acceptors (Lipinski definition) is 2. The van der Waals surface area contributed by atoms with Gasteiger partial charge in [-0.05, 0) is 18.6 Å². The average molecular weight is 179 g/mol. The average Bonchev–Trinajstić information content (AvgIpc) is 2.16. The van der Waals surface area contributed by atoms with Crippen molar-refractivity contribution in [2.45, 2.75) is 6.92 Å². The van der Waals surface area contributed by atoms with E-state index in [1.165, 1.54) is 12.0 Å². The fraction of sp³-hybridized carbons (Fsp3) is 0.300. The van der Waals surface area contributed by atoms with Gasteiger partial charge in [0.1, 0.15) is 0 Å². The Kier molecular flexibility index (Phi) is 2.90. The van der Waals surface area contributed by atoms with Crippen molar-refractivity contribution in [3.8, 4) is 0 Å². The lowest BCUT2D eigenvalue weighted by Crippen LogP contribution is -2.26. The van der Waals surface area contributed by atoms with E-state index in [0.29, 0.717) is 0 Å². The molecule has 0 heterocycles. The normalized spacial score (nSPS) is 9.46. The van der Waals surface area contributed by atoms with E-state index < -0.39 is 0 Å². The number of nitrogens with zero attached hydrogens (tertiary/aromatic N) is 1. The zero-order valence-corrected chi connectivity index (χ0v) is 8.07. The second kappa shape index (κ2) is 3.94. The van der Waals surface area contributed by atoms with Crippen molar-refractivity contribution in [3.63, 3.8) is 0 Å². The molecule has 1 amide bonds. The molecule has 3 heteroatoms. The highest BCUT2D eigenvalue weighted by atomic mass is 16.5. The van der Waals surface area contributed by atoms with Gasteiger partial charge in [-0.1, -0.05) is 18.2 Å². The van der Waals surface area contributed by atoms with E-state index >= 15 is 0 Å². The summed E-state index contributed by atoms with van der Waals surface area (Å²) < 4.78 is 4.61. The second-order valence-electron chi connectivity index (χ2n) is 2.82. The number of amides is 1. The standard InChI is InChI=1S/C10H13NO2/c1-8-6-4-5-7-9(8)11(2)10(12)13-3/h4-7H,1-3H3. The van der Waals surface area contributed by atoms with Crippen LogP contribution in [0.3, 0.4) is 0 Å². The highest BCUT2D eigenvalue weighted by molar-refractivity contribution is 5.87. The van der Waals surface area contributed by atoms with Gasteiger partial charge in [0, 0.05) is 12.7 Å². The van der Waals surface area contributed by atoms with Gasteiger partial charge in [-0.2, -0.15) is 0 Å². The predicted octanol–water partition coefficient (Wildman–Crippen LogP) is 2.20. The van der Waals surface area contributed by atoms with Gasteiger partial charge >= 0.3 is 6.09 Å². The molecular weight excluding hydrogens is 166 g/mol. The lowest BCUT2D eigenvalue weighted by atomic mass is 10.2. The highest BCUT2D eigenvalue weighted by Gasteiger charge is 2.11. The Hall–Kier alpha value is -1.51. The van der Waals surface area contributed by atoms with Crippen molar-refractivity contribution >= 4 is 11.8 Å². The number of para-hydroxylation sites is 1. The summed E-state index contributed by atoms with van der Waals surface area (Å²) in [6.07, 6.45) is -0.352. The van der Waals surface area contributed by atoms with E-state index in [9.17, 15) is 4.79 Å². The van der Waals surface area contributed by atoms with Gasteiger partial charge in [0.2, 0.25) is 0 Å². The third-order valence-corrected chi connectivity index (χ3v) is 1.93. The third kappa shape index (κ3) is 1.99. The summed E-state index contributed by atoms with van der Waals surface area (Å²) in [7, 11) is 3.06. The molecule has 0 saturated heterocycles. The molecule has 0 aliphatic carbocycles. The lowest BCUT2D eigenvalue weighted by molar-refractivity contribution is 0.180. The fourth-order valence-electron chi connectivity index (χ4n) is 1.18. The van der Waals surface area contributed by atoms with Crippen molar-refractivity contribution in [1.82, 2.24) is 0 Å². The zero-order chi connectivity index (χ0) is 9.84. The molecule has 0 saturated carbocycles. The van der Waals surface area contributed by atoms with Gasteiger partial charge in [0.05, 0.1) is 7.11 Å². The Labute approximate surface area is 77.9 Å². The van der Waals surface area contributed by atoms with Crippen LogP contribution >= 0.6 is 0 Å². The molecule has 0 aromatic heterocycles. The van der Waals surface area contributed by atoms with E-state index in [2.05, 4.69) is 4.74 Å². The molecule has 70 valence electrons. The van der Waals surface area contributed by atoms with Crippen LogP contribution in [-0.2, 0) is 4.74 Å². The lowest BCUT2D eigenvalue weighted by Gasteiger charge is -2.17. The summed E-state index contributed by atoms with van der Waals surface area (Å²) >= 11 is 0. The quantitative estimate of drug-likeness (QED) is 0.661. The molecule has 0 unspecified atom stereocenters. The highest BCUT2D eigenvalue weighted by Crippen LogP contribution is 2.17. The van der Waals surface area contributed by atoms with E-state index in [4.69, 9.17) is 0 Å². The van der Waals surface area contributed by atoms with Crippen LogP contribution < -0.4 is 4.90 Å². The summed E-state index contributed by atoms with van der Waals surface area (Å²) in [6, 6.07) is 7.66. The first-order chi connectivity index (χ1) is 6.16. The number of rotatable bonds is 1. The van der Waals surface area contributed by atoms with Crippen molar-refractivity contribution in [1.29, 1.82) is 0 Å². The molecule has 0 radical (unpaired) electrons. The molecule has 3 nitrogen and oxygen atoms in total. The van der Waals surface area contributed by atoms with Crippen LogP contribution in [0.15, 0.2) is 24.3 Å². The molecule has 1 aromatic rings. The monoisotopic (exact) mass is 179 g/mol. The molecule has 1 aromatic carbocycles. The Morgan fingerprint density at radius 3 is 2.54 bits per heavy atom. The van der Waals surface area contributed by atoms with Gasteiger partial charge in [0.25, 0.3) is 0 Å². The minimum Gasteiger partial charge on any atom is -0.452 e. The number of carbonyl (C=O) groups excluding carboxylic acids is 1. The summed E-state index contributed by atoms with van der Waals surface area (Å²) in [6.45, 7) is 1.95. The van der Waals surface area contributed by atoms with E-state index in [0.717, 1.165) is 11.3 Å². The number of benzene rings is 1. The molecule has 0 spiro atoms. The molecule has 0 bridgehead atoms. The smallest absolute Gasteiger partial charge is 0.413 e. The summed E-state index contributed by atoms with van der Waals surface area (Å²) in [4.78, 5) is 12.6. The number of aryl methyl sites for hydroxylation is 1. The van der Waals surface area contributed by atoms with Crippen LogP contribution in [0.4, 0.5) is 10.5 Å². The molecule has 0 fully saturated rings. The van der Waals surface area contributed by atoms with Crippen LogP contribution in [0.1, 0.15) is 5.56 Å². The molecule has 0 aliphatic rings. The number of ether oxygens (including phenoxy) is 1. The first-order valence-electron chi connectivity index (χ1n) is 4.04. The van der Waals surface area contributed by atoms with Crippen LogP contribution in [0.25, 0.3) is 0 Å². The molecular formula is C10H13NO2. The van der Waals surface area contributed by atoms with E-state index in [1.54, 1.807) is 7.05 Å². The fourth-order valence-corrected chi connectivity index (χ4v) is 1.18. The maximum Gasteiger partial charge on any atom is 0.413 e. The molecule has 1 rings (SSSR count). The first-order valence-corrected chi connectivity index (χ1v) is 4.04. The van der Waals surface area contributed by atoms with Crippen molar-refractivity contribution < 1.29 is 9.53 Å². The van der Waals surface area contributed by atoms with Crippen LogP contribution in [0.5, 0.6) is 0 Å². The van der Waals surface area contributed by atoms with Gasteiger partial charge in [-0.15, -0.1) is 0 Å². The Morgan fingerprint density at radius 2 is 2.00 bits per heavy atom. The number of carbonyl (C=O) groups is 1. The van der Waals surface area contributed by atoms with Crippen LogP contribution in [0.2, 0.25) is 0 Å². The van der Waals surface area contributed by atoms with Crippen LogP contribution in [0, 0.1) is 6.92 Å². The summed E-state index contributed by atoms with van der Waals surface area (Å²) in [5.74, 6) is 0. The van der Waals surface area contributed by atoms with E-state index in [-0.39, 0.29) is 6.09 Å². The predicted molar refractivity (Wildman–Crippen MR) is 52.0 cm³/mol. The van der Waals surface area contributed by atoms with Gasteiger partial charge in [0.15, 0.2) is 0 Å². The van der Waals surface area contributed by atoms with Gasteiger partial charge < -0.3 is 4.74 Å². The van der Waals surface area contributed by atoms with Crippen LogP contribution in [-0.4, -0.2) is 20.3 Å². The maximum atomic E-state index is 11.2. The van der Waals surface area contributed by atoms with Gasteiger partial charge in [-0.3, -0.25) is 4.90 Å². The van der Waals surface area contributed by atoms with Gasteiger partial charge in [-0.25, -0.2) is 4.79 Å². The van der Waals surface area contributed by atoms with Crippen molar-refractivity contribution in [2.75, 3.05) is 19.1 Å². The SMILES string of the molecule is COC(=O)N(C)c1ccccc1C. The van der Waals surface area contributed by atoms with Crippen molar-refractivity contribution in [3.05, 3.63) is 29.8 Å². The Bertz CT molecular complexity index is 310. The number of methoxy groups -OCH3 is 1. The topological polar surface area (TPSA) is 29.5 Å². The van der Waals surface area contributed by atoms with E-state index in [1.807, 2.05) is 31.2 Å². The molecule has 0 aliphatic heterocycles. The first kappa shape index (κ1) is 9.58. The third-order valence-electron chi connectivity index (χ3n) is 1.93. The molecule has 0 N–H and O–H groups in total. The Morgan fingerprint density at radius 1 is 1.38 bits per heavy atom.